The van der Waals surface area contributed by atoms with Gasteiger partial charge in [0.1, 0.15) is 16.9 Å². The molecule has 2 aliphatic carbocycles. The first-order valence-electron chi connectivity index (χ1n) is 14.6. The van der Waals surface area contributed by atoms with E-state index in [1.54, 1.807) is 11.1 Å². The number of phenolic OH excluding ortho intramolecular Hbond substituents is 1. The largest absolute Gasteiger partial charge is 0.501 e. The van der Waals surface area contributed by atoms with E-state index in [4.69, 9.17) is 9.47 Å². The van der Waals surface area contributed by atoms with Crippen LogP contribution in [0.2, 0.25) is 0 Å². The van der Waals surface area contributed by atoms with Crippen LogP contribution >= 0.6 is 0 Å². The second kappa shape index (κ2) is 11.1. The Morgan fingerprint density at radius 3 is 2.42 bits per heavy atom. The van der Waals surface area contributed by atoms with E-state index in [9.17, 15) is 24.8 Å². The molecule has 0 bridgehead atoms. The zero-order chi connectivity index (χ0) is 31.3. The third kappa shape index (κ3) is 6.11. The maximum Gasteiger partial charge on any atom is 0.410 e. The molecule has 1 aromatic carbocycles. The average molecular weight is 597 g/mol. The number of amides is 2. The number of hydrogen-bond donors (Lipinski definition) is 2. The molecule has 4 aliphatic rings. The number of piperidine rings is 1. The first-order chi connectivity index (χ1) is 20.2. The third-order valence-corrected chi connectivity index (χ3v) is 8.19. The monoisotopic (exact) mass is 596 g/mol. The molecule has 1 saturated heterocycles. The van der Waals surface area contributed by atoms with Crippen molar-refractivity contribution in [3.8, 4) is 5.75 Å². The van der Waals surface area contributed by atoms with Gasteiger partial charge in [0.05, 0.1) is 41.1 Å². The van der Waals surface area contributed by atoms with Crippen molar-refractivity contribution in [3.63, 3.8) is 0 Å². The number of methoxy groups -OCH3 is 1. The van der Waals surface area contributed by atoms with Crippen LogP contribution in [0.4, 0.5) is 16.2 Å². The zero-order valence-corrected chi connectivity index (χ0v) is 25.5. The number of phenols is 1. The van der Waals surface area contributed by atoms with Gasteiger partial charge in [-0.3, -0.25) is 19.9 Å². The number of carbonyl (C=O) groups is 2. The number of hydrogen-bond acceptors (Lipinski definition) is 10. The smallest absolute Gasteiger partial charge is 0.410 e. The molecule has 2 amide bonds. The van der Waals surface area contributed by atoms with Crippen LogP contribution in [0.5, 0.6) is 5.75 Å². The molecule has 1 atom stereocenters. The summed E-state index contributed by atoms with van der Waals surface area (Å²) in [6, 6.07) is 3.04. The molecule has 13 nitrogen and oxygen atoms in total. The van der Waals surface area contributed by atoms with E-state index in [1.807, 2.05) is 50.6 Å². The molecule has 1 aromatic rings. The molecule has 43 heavy (non-hydrogen) atoms. The summed E-state index contributed by atoms with van der Waals surface area (Å²) >= 11 is 0. The number of nitrogens with one attached hydrogen (secondary N) is 1. The van der Waals surface area contributed by atoms with Gasteiger partial charge in [-0.25, -0.2) is 4.79 Å². The van der Waals surface area contributed by atoms with Crippen molar-refractivity contribution >= 4 is 29.1 Å². The third-order valence-electron chi connectivity index (χ3n) is 8.19. The number of hydrazone groups is 1. The van der Waals surface area contributed by atoms with Gasteiger partial charge in [0.15, 0.2) is 0 Å². The lowest BCUT2D eigenvalue weighted by atomic mass is 9.81. The Labute approximate surface area is 250 Å². The maximum absolute atomic E-state index is 13.4. The van der Waals surface area contributed by atoms with Crippen molar-refractivity contribution in [1.82, 2.24) is 15.2 Å². The van der Waals surface area contributed by atoms with Crippen LogP contribution < -0.4 is 10.2 Å². The predicted octanol–water partition coefficient (Wildman–Crippen LogP) is 4.13. The first-order valence-corrected chi connectivity index (χ1v) is 14.6. The molecule has 2 heterocycles. The van der Waals surface area contributed by atoms with Crippen LogP contribution in [0.15, 0.2) is 40.8 Å². The van der Waals surface area contributed by atoms with Gasteiger partial charge in [0.25, 0.3) is 5.91 Å². The summed E-state index contributed by atoms with van der Waals surface area (Å²) < 4.78 is 11.1. The van der Waals surface area contributed by atoms with E-state index in [-0.39, 0.29) is 29.4 Å². The number of allylic oxidation sites excluding steroid dienone is 1. The van der Waals surface area contributed by atoms with E-state index < -0.39 is 33.3 Å². The number of nitro benzene ring substituents is 1. The van der Waals surface area contributed by atoms with Crippen LogP contribution in [0.25, 0.3) is 0 Å². The number of nitro groups is 1. The summed E-state index contributed by atoms with van der Waals surface area (Å²) in [7, 11) is 3.32. The predicted molar refractivity (Wildman–Crippen MR) is 160 cm³/mol. The van der Waals surface area contributed by atoms with Gasteiger partial charge in [0, 0.05) is 38.3 Å². The number of ether oxygens (including phenoxy) is 2. The van der Waals surface area contributed by atoms with Crippen LogP contribution in [0, 0.1) is 15.5 Å². The minimum atomic E-state index is -0.741. The Morgan fingerprint density at radius 2 is 1.84 bits per heavy atom. The molecule has 0 radical (unpaired) electrons. The van der Waals surface area contributed by atoms with Crippen LogP contribution in [-0.2, 0) is 9.47 Å². The number of fused-ring (bicyclic) bond motifs is 1. The summed E-state index contributed by atoms with van der Waals surface area (Å²) in [6.07, 6.45) is 6.37. The Hall–Kier alpha value is -4.29. The SMILES string of the molecule is COC1=CC2=NN(C)CC2(C)C=C1NC(=O)c1ccc(N2CCC(N(C(=O)OC(C)(C)C)C3CC3)CC2)c(O)c1[N+](=O)[O-]. The van der Waals surface area contributed by atoms with E-state index >= 15 is 0 Å². The molecule has 0 aromatic heterocycles. The summed E-state index contributed by atoms with van der Waals surface area (Å²) in [6.45, 7) is 9.05. The summed E-state index contributed by atoms with van der Waals surface area (Å²) in [4.78, 5) is 41.5. The van der Waals surface area contributed by atoms with Crippen LogP contribution in [0.1, 0.15) is 63.7 Å². The van der Waals surface area contributed by atoms with Crippen LogP contribution in [-0.4, -0.2) is 89.1 Å². The molecule has 1 unspecified atom stereocenters. The minimum absolute atomic E-state index is 0.0281. The van der Waals surface area contributed by atoms with Gasteiger partial charge in [-0.15, -0.1) is 0 Å². The van der Waals surface area contributed by atoms with Crippen molar-refractivity contribution in [2.75, 3.05) is 38.7 Å². The fraction of sp³-hybridized carbons (Fsp3) is 0.567. The quantitative estimate of drug-likeness (QED) is 0.350. The second-order valence-corrected chi connectivity index (χ2v) is 12.9. The number of rotatable bonds is 7. The standard InChI is InChI=1S/C30H40N6O7/c1-29(2,3)43-28(39)35(18-7-8-18)19-11-13-34(14-12-19)22-10-9-20(25(26(22)37)36(40)41)27(38)31-21-16-30(4)17-33(5)32-24(30)15-23(21)42-6/h9-10,15-16,18-19,37H,7-8,11-14,17H2,1-6H3,(H,31,38). The topological polar surface area (TPSA) is 150 Å². The highest BCUT2D eigenvalue weighted by atomic mass is 16.6. The van der Waals surface area contributed by atoms with Gasteiger partial charge < -0.3 is 29.7 Å². The lowest BCUT2D eigenvalue weighted by Crippen LogP contribution is -2.50. The van der Waals surface area contributed by atoms with Gasteiger partial charge >= 0.3 is 11.8 Å². The van der Waals surface area contributed by atoms with Crippen molar-refractivity contribution in [2.24, 2.45) is 10.5 Å². The molecule has 0 spiro atoms. The number of benzene rings is 1. The molecular formula is C30H40N6O7. The van der Waals surface area contributed by atoms with E-state index in [1.165, 1.54) is 19.2 Å². The van der Waals surface area contributed by atoms with E-state index in [0.29, 0.717) is 43.9 Å². The summed E-state index contributed by atoms with van der Waals surface area (Å²) in [5.41, 5.74) is -0.575. The number of carbonyl (C=O) groups excluding carboxylic acids is 2. The summed E-state index contributed by atoms with van der Waals surface area (Å²) in [5.74, 6) is -0.937. The molecule has 2 fully saturated rings. The van der Waals surface area contributed by atoms with Gasteiger partial charge in [-0.05, 0) is 71.6 Å². The highest BCUT2D eigenvalue weighted by Gasteiger charge is 2.42. The highest BCUT2D eigenvalue weighted by Crippen LogP contribution is 2.42. The molecule has 2 aliphatic heterocycles. The number of nitrogens with zero attached hydrogens (tertiary/aromatic N) is 5. The normalized spacial score (nSPS) is 22.2. The molecular weight excluding hydrogens is 556 g/mol. The average Bonchev–Trinajstić information content (AvgIpc) is 3.69. The number of aromatic hydroxyl groups is 1. The zero-order valence-electron chi connectivity index (χ0n) is 25.5. The van der Waals surface area contributed by atoms with Crippen molar-refractivity contribution in [3.05, 3.63) is 51.4 Å². The highest BCUT2D eigenvalue weighted by molar-refractivity contribution is 6.06. The summed E-state index contributed by atoms with van der Waals surface area (Å²) in [5, 5.41) is 32.3. The molecule has 13 heteroatoms. The van der Waals surface area contributed by atoms with Crippen molar-refractivity contribution in [1.29, 1.82) is 0 Å². The van der Waals surface area contributed by atoms with Gasteiger partial charge in [0.2, 0.25) is 5.75 Å². The Bertz CT molecular complexity index is 1420. The molecule has 2 N–H and O–H groups in total. The fourth-order valence-corrected chi connectivity index (χ4v) is 6.09. The fourth-order valence-electron chi connectivity index (χ4n) is 6.09. The molecule has 232 valence electrons. The Kier molecular flexibility index (Phi) is 7.78. The van der Waals surface area contributed by atoms with Crippen molar-refractivity contribution < 1.29 is 29.1 Å². The van der Waals surface area contributed by atoms with E-state index in [2.05, 4.69) is 10.4 Å². The van der Waals surface area contributed by atoms with E-state index in [0.717, 1.165) is 18.6 Å². The first kappa shape index (κ1) is 30.2. The second-order valence-electron chi connectivity index (χ2n) is 12.9. The number of anilines is 1. The molecule has 1 saturated carbocycles. The maximum atomic E-state index is 13.4. The lowest BCUT2D eigenvalue weighted by molar-refractivity contribution is -0.386. The minimum Gasteiger partial charge on any atom is -0.501 e. The van der Waals surface area contributed by atoms with Crippen LogP contribution in [0.3, 0.4) is 0 Å². The molecule has 5 rings (SSSR count). The van der Waals surface area contributed by atoms with Gasteiger partial charge in [-0.2, -0.15) is 5.10 Å². The Morgan fingerprint density at radius 1 is 1.19 bits per heavy atom. The lowest BCUT2D eigenvalue weighted by Gasteiger charge is -2.40. The van der Waals surface area contributed by atoms with Gasteiger partial charge in [-0.1, -0.05) is 0 Å². The Balaban J connectivity index is 1.33. The van der Waals surface area contributed by atoms with Crippen molar-refractivity contribution in [2.45, 2.75) is 71.1 Å².